The smallest absolute Gasteiger partial charge is 0.517 e. The Balaban J connectivity index is 0.00000374. The molecule has 6 nitrogen and oxygen atoms in total. The zero-order valence-electron chi connectivity index (χ0n) is 29.2. The number of hydrogen-bond donors (Lipinski definition) is 0. The number of rotatable bonds is 5. The molecule has 0 spiro atoms. The van der Waals surface area contributed by atoms with Gasteiger partial charge >= 0.3 is 21.1 Å². The normalized spacial score (nSPS) is 12.4. The summed E-state index contributed by atoms with van der Waals surface area (Å²) in [7, 11) is 0. The molecule has 2 aliphatic rings. The van der Waals surface area contributed by atoms with Gasteiger partial charge in [-0.1, -0.05) is 44.2 Å². The largest absolute Gasteiger partial charge is 2.00 e. The molecule has 2 aromatic heterocycles. The van der Waals surface area contributed by atoms with Crippen molar-refractivity contribution in [3.8, 4) is 51.7 Å². The number of aromatic nitrogens is 3. The molecule has 9 rings (SSSR count). The summed E-state index contributed by atoms with van der Waals surface area (Å²) < 4.78 is 21.9. The van der Waals surface area contributed by atoms with Gasteiger partial charge in [-0.3, -0.25) is 4.98 Å². The summed E-state index contributed by atoms with van der Waals surface area (Å²) in [5.41, 5.74) is 12.3. The Kier molecular flexibility index (Phi) is 8.15. The average molecular weight is 847 g/mol. The summed E-state index contributed by atoms with van der Waals surface area (Å²) in [5, 5.41) is 0. The SMILES string of the molecule is Cc1cc(C)c2c3c1Oc1ccc(Oc4cc(C(C)C)ccn4)[c-]c1B3c1[c-]c(-c3nc4ccccc4n3-c3c(C)cccc3C)ccc1O2.[Pt+2]. The van der Waals surface area contributed by atoms with Crippen LogP contribution in [0.25, 0.3) is 28.1 Å². The zero-order chi connectivity index (χ0) is 34.3. The van der Waals surface area contributed by atoms with E-state index in [9.17, 15) is 0 Å². The second-order valence-electron chi connectivity index (χ2n) is 13.7. The maximum absolute atomic E-state index is 6.70. The molecule has 0 radical (unpaired) electrons. The maximum Gasteiger partial charge on any atom is 2.00 e. The second kappa shape index (κ2) is 12.6. The monoisotopic (exact) mass is 846 g/mol. The zero-order valence-corrected chi connectivity index (χ0v) is 31.5. The molecule has 4 heterocycles. The number of hydrogen-bond acceptors (Lipinski definition) is 5. The van der Waals surface area contributed by atoms with Crippen LogP contribution in [0.4, 0.5) is 0 Å². The van der Waals surface area contributed by atoms with Crippen molar-refractivity contribution in [1.82, 2.24) is 14.5 Å². The van der Waals surface area contributed by atoms with Crippen molar-refractivity contribution in [1.29, 1.82) is 0 Å². The van der Waals surface area contributed by atoms with Crippen molar-refractivity contribution >= 4 is 34.1 Å². The first-order chi connectivity index (χ1) is 24.2. The van der Waals surface area contributed by atoms with Gasteiger partial charge < -0.3 is 18.8 Å². The van der Waals surface area contributed by atoms with Crippen molar-refractivity contribution in [2.24, 2.45) is 0 Å². The molecule has 8 heteroatoms. The van der Waals surface area contributed by atoms with Gasteiger partial charge in [0.2, 0.25) is 12.6 Å². The van der Waals surface area contributed by atoms with E-state index in [0.29, 0.717) is 17.5 Å². The minimum Gasteiger partial charge on any atom is -0.517 e. The standard InChI is InChI=1S/C43H34BN3O3.Pt/c1-24(2)29-18-19-45-38(22-29)48-31-15-17-37-33(23-31)44-32-21-30(14-16-36(32)49-41-27(5)20-28(6)42(50-37)39(41)44)43-46-34-12-7-8-13-35(34)47(43)40-25(3)10-9-11-26(40)4;/h7-20,22,24H,1-6H3;/q-2;+2. The number of pyridine rings is 1. The average Bonchev–Trinajstić information content (AvgIpc) is 3.49. The molecule has 0 bridgehead atoms. The number of imidazole rings is 1. The van der Waals surface area contributed by atoms with Gasteiger partial charge in [0.15, 0.2) is 0 Å². The molecule has 0 unspecified atom stereocenters. The van der Waals surface area contributed by atoms with E-state index in [1.54, 1.807) is 6.20 Å². The second-order valence-corrected chi connectivity index (χ2v) is 13.7. The summed E-state index contributed by atoms with van der Waals surface area (Å²) in [6.07, 6.45) is 1.79. The molecule has 2 aliphatic heterocycles. The Labute approximate surface area is 312 Å². The van der Waals surface area contributed by atoms with Crippen LogP contribution in [0.3, 0.4) is 0 Å². The van der Waals surface area contributed by atoms with Crippen LogP contribution in [0.1, 0.15) is 47.6 Å². The molecule has 0 atom stereocenters. The van der Waals surface area contributed by atoms with Gasteiger partial charge in [-0.15, -0.1) is 52.9 Å². The van der Waals surface area contributed by atoms with E-state index in [2.05, 4.69) is 112 Å². The molecule has 0 N–H and O–H groups in total. The summed E-state index contributed by atoms with van der Waals surface area (Å²) in [6.45, 7) is 12.5. The Hall–Kier alpha value is -5.13. The molecule has 51 heavy (non-hydrogen) atoms. The van der Waals surface area contributed by atoms with E-state index in [1.807, 2.05) is 36.4 Å². The van der Waals surface area contributed by atoms with Crippen LogP contribution in [0.2, 0.25) is 0 Å². The topological polar surface area (TPSA) is 58.4 Å². The summed E-state index contributed by atoms with van der Waals surface area (Å²) in [4.78, 5) is 9.69. The Bertz CT molecular complexity index is 2480. The fraction of sp³-hybridized carbons (Fsp3) is 0.163. The number of para-hydroxylation sites is 3. The molecule has 7 aromatic rings. The van der Waals surface area contributed by atoms with Gasteiger partial charge in [-0.05, 0) is 85.7 Å². The molecule has 0 amide bonds. The molecule has 252 valence electrons. The number of nitrogens with zero attached hydrogens (tertiary/aromatic N) is 3. The van der Waals surface area contributed by atoms with Crippen LogP contribution in [0.15, 0.2) is 91.1 Å². The molecule has 0 fully saturated rings. The van der Waals surface area contributed by atoms with E-state index < -0.39 is 0 Å². The van der Waals surface area contributed by atoms with E-state index in [4.69, 9.17) is 19.2 Å². The molecule has 0 aliphatic carbocycles. The first-order valence-electron chi connectivity index (χ1n) is 17.1. The molecule has 0 saturated carbocycles. The number of benzene rings is 5. The minimum atomic E-state index is -0.261. The van der Waals surface area contributed by atoms with Crippen LogP contribution in [-0.2, 0) is 21.1 Å². The van der Waals surface area contributed by atoms with Crippen LogP contribution >= 0.6 is 0 Å². The van der Waals surface area contributed by atoms with Crippen LogP contribution in [0, 0.1) is 39.8 Å². The summed E-state index contributed by atoms with van der Waals surface area (Å²) in [5.74, 6) is 5.37. The number of fused-ring (bicyclic) bond motifs is 5. The van der Waals surface area contributed by atoms with Gasteiger partial charge in [0.1, 0.15) is 11.5 Å². The number of aryl methyl sites for hydroxylation is 4. The van der Waals surface area contributed by atoms with E-state index >= 15 is 0 Å². The van der Waals surface area contributed by atoms with Gasteiger partial charge in [-0.25, -0.2) is 4.98 Å². The molecule has 0 saturated heterocycles. The molecular weight excluding hydrogens is 812 g/mol. The predicted octanol–water partition coefficient (Wildman–Crippen LogP) is 8.56. The van der Waals surface area contributed by atoms with Crippen molar-refractivity contribution in [3.63, 3.8) is 0 Å². The Morgan fingerprint density at radius 2 is 1.43 bits per heavy atom. The molecule has 5 aromatic carbocycles. The predicted molar refractivity (Wildman–Crippen MR) is 199 cm³/mol. The maximum atomic E-state index is 6.70. The Morgan fingerprint density at radius 1 is 0.745 bits per heavy atom. The summed E-state index contributed by atoms with van der Waals surface area (Å²) >= 11 is 0. The molecular formula is C43H34BN3O3Pt. The first kappa shape index (κ1) is 33.0. The van der Waals surface area contributed by atoms with Crippen molar-refractivity contribution in [3.05, 3.63) is 131 Å². The van der Waals surface area contributed by atoms with Gasteiger partial charge in [0.05, 0.1) is 16.9 Å². The minimum absolute atomic E-state index is 0. The van der Waals surface area contributed by atoms with E-state index in [1.165, 1.54) is 11.1 Å². The van der Waals surface area contributed by atoms with E-state index in [-0.39, 0.29) is 27.8 Å². The van der Waals surface area contributed by atoms with E-state index in [0.717, 1.165) is 84.2 Å². The van der Waals surface area contributed by atoms with Crippen LogP contribution < -0.4 is 30.6 Å². The third-order valence-electron chi connectivity index (χ3n) is 9.88. The summed E-state index contributed by atoms with van der Waals surface area (Å²) in [6, 6.07) is 36.2. The first-order valence-corrected chi connectivity index (χ1v) is 17.1. The number of ether oxygens (including phenoxy) is 3. The van der Waals surface area contributed by atoms with Crippen molar-refractivity contribution < 1.29 is 35.3 Å². The fourth-order valence-electron chi connectivity index (χ4n) is 7.48. The van der Waals surface area contributed by atoms with Crippen LogP contribution in [0.5, 0.6) is 34.6 Å². The van der Waals surface area contributed by atoms with Gasteiger partial charge in [-0.2, -0.15) is 0 Å². The fourth-order valence-corrected chi connectivity index (χ4v) is 7.48. The van der Waals surface area contributed by atoms with Crippen molar-refractivity contribution in [2.45, 2.75) is 47.5 Å². The quantitative estimate of drug-likeness (QED) is 0.129. The van der Waals surface area contributed by atoms with Crippen LogP contribution in [-0.4, -0.2) is 21.2 Å². The van der Waals surface area contributed by atoms with Gasteiger partial charge in [0.25, 0.3) is 0 Å². The Morgan fingerprint density at radius 3 is 2.16 bits per heavy atom. The van der Waals surface area contributed by atoms with Crippen molar-refractivity contribution in [2.75, 3.05) is 0 Å². The van der Waals surface area contributed by atoms with Gasteiger partial charge in [0, 0.05) is 40.7 Å². The third kappa shape index (κ3) is 5.38. The third-order valence-corrected chi connectivity index (χ3v) is 9.88.